The van der Waals surface area contributed by atoms with Crippen molar-refractivity contribution in [3.63, 3.8) is 0 Å². The zero-order valence-electron chi connectivity index (χ0n) is 8.93. The van der Waals surface area contributed by atoms with Gasteiger partial charge >= 0.3 is 0 Å². The second kappa shape index (κ2) is 5.57. The lowest BCUT2D eigenvalue weighted by atomic mass is 9.92. The zero-order valence-corrected chi connectivity index (χ0v) is 9.75. The van der Waals surface area contributed by atoms with Gasteiger partial charge in [0.05, 0.1) is 6.10 Å². The van der Waals surface area contributed by atoms with Crippen LogP contribution in [0.2, 0.25) is 0 Å². The molecule has 0 amide bonds. The van der Waals surface area contributed by atoms with Gasteiger partial charge in [-0.15, -0.1) is 0 Å². The lowest BCUT2D eigenvalue weighted by Gasteiger charge is -2.23. The predicted octanol–water partition coefficient (Wildman–Crippen LogP) is 3.25. The van der Waals surface area contributed by atoms with Crippen LogP contribution >= 0.6 is 11.8 Å². The van der Waals surface area contributed by atoms with Gasteiger partial charge in [-0.25, -0.2) is 0 Å². The Morgan fingerprint density at radius 1 is 1.20 bits per heavy atom. The summed E-state index contributed by atoms with van der Waals surface area (Å²) in [7, 11) is 0. The van der Waals surface area contributed by atoms with Crippen molar-refractivity contribution < 1.29 is 5.11 Å². The Labute approximate surface area is 95.9 Å². The minimum absolute atomic E-state index is 0.265. The average molecular weight is 222 g/mol. The molecule has 1 heterocycles. The molecule has 0 bridgehead atoms. The van der Waals surface area contributed by atoms with E-state index in [1.165, 1.54) is 24.3 Å². The molecule has 1 atom stereocenters. The summed E-state index contributed by atoms with van der Waals surface area (Å²) in [5.74, 6) is 3.26. The number of hydrogen-bond acceptors (Lipinski definition) is 2. The van der Waals surface area contributed by atoms with Crippen LogP contribution < -0.4 is 0 Å². The van der Waals surface area contributed by atoms with Crippen LogP contribution in [0.4, 0.5) is 0 Å². The Hall–Kier alpha value is -0.470. The van der Waals surface area contributed by atoms with E-state index in [0.29, 0.717) is 0 Å². The largest absolute Gasteiger partial charge is 0.388 e. The van der Waals surface area contributed by atoms with E-state index in [0.717, 1.165) is 17.9 Å². The summed E-state index contributed by atoms with van der Waals surface area (Å²) < 4.78 is 0. The van der Waals surface area contributed by atoms with Crippen molar-refractivity contribution in [1.29, 1.82) is 0 Å². The van der Waals surface area contributed by atoms with Crippen LogP contribution in [0.5, 0.6) is 0 Å². The van der Waals surface area contributed by atoms with Crippen LogP contribution in [-0.4, -0.2) is 16.6 Å². The normalized spacial score (nSPS) is 20.1. The van der Waals surface area contributed by atoms with Crippen molar-refractivity contribution in [2.24, 2.45) is 5.92 Å². The SMILES string of the molecule is OC(CC1CCSCC1)c1ccccc1. The van der Waals surface area contributed by atoms with Gasteiger partial charge in [0, 0.05) is 0 Å². The number of hydrogen-bond donors (Lipinski definition) is 1. The lowest BCUT2D eigenvalue weighted by molar-refractivity contribution is 0.141. The number of rotatable bonds is 3. The van der Waals surface area contributed by atoms with E-state index in [1.807, 2.05) is 42.1 Å². The van der Waals surface area contributed by atoms with E-state index < -0.39 is 0 Å². The fraction of sp³-hybridized carbons (Fsp3) is 0.538. The van der Waals surface area contributed by atoms with Crippen LogP contribution in [-0.2, 0) is 0 Å². The summed E-state index contributed by atoms with van der Waals surface area (Å²) in [5.41, 5.74) is 1.07. The molecule has 1 nitrogen and oxygen atoms in total. The summed E-state index contributed by atoms with van der Waals surface area (Å²) in [6.07, 6.45) is 3.22. The van der Waals surface area contributed by atoms with Crippen molar-refractivity contribution in [1.82, 2.24) is 0 Å². The maximum Gasteiger partial charge on any atom is 0.0792 e. The number of aliphatic hydroxyl groups excluding tert-OH is 1. The van der Waals surface area contributed by atoms with Gasteiger partial charge in [-0.2, -0.15) is 11.8 Å². The Bertz CT molecular complexity index is 280. The van der Waals surface area contributed by atoms with Crippen molar-refractivity contribution in [3.8, 4) is 0 Å². The molecule has 1 aliphatic rings. The fourth-order valence-electron chi connectivity index (χ4n) is 2.11. The van der Waals surface area contributed by atoms with Gasteiger partial charge in [-0.1, -0.05) is 30.3 Å². The Kier molecular flexibility index (Phi) is 4.09. The molecule has 1 fully saturated rings. The van der Waals surface area contributed by atoms with E-state index in [4.69, 9.17) is 0 Å². The third kappa shape index (κ3) is 3.25. The molecule has 1 aliphatic heterocycles. The molecule has 15 heavy (non-hydrogen) atoms. The highest BCUT2D eigenvalue weighted by molar-refractivity contribution is 7.99. The van der Waals surface area contributed by atoms with Gasteiger partial charge in [0.15, 0.2) is 0 Å². The molecule has 1 unspecified atom stereocenters. The van der Waals surface area contributed by atoms with Gasteiger partial charge in [0.2, 0.25) is 0 Å². The minimum Gasteiger partial charge on any atom is -0.388 e. The van der Waals surface area contributed by atoms with Gasteiger partial charge in [-0.05, 0) is 42.2 Å². The first kappa shape index (κ1) is 11.0. The van der Waals surface area contributed by atoms with Crippen molar-refractivity contribution >= 4 is 11.8 Å². The summed E-state index contributed by atoms with van der Waals surface area (Å²) in [5, 5.41) is 10.1. The van der Waals surface area contributed by atoms with Gasteiger partial charge in [0.25, 0.3) is 0 Å². The summed E-state index contributed by atoms with van der Waals surface area (Å²) in [6, 6.07) is 10.0. The molecule has 2 heteroatoms. The third-order valence-electron chi connectivity index (χ3n) is 3.08. The summed E-state index contributed by atoms with van der Waals surface area (Å²) in [6.45, 7) is 0. The molecular formula is C13H18OS. The smallest absolute Gasteiger partial charge is 0.0792 e. The van der Waals surface area contributed by atoms with Crippen molar-refractivity contribution in [3.05, 3.63) is 35.9 Å². The van der Waals surface area contributed by atoms with E-state index in [-0.39, 0.29) is 6.10 Å². The maximum atomic E-state index is 10.1. The van der Waals surface area contributed by atoms with E-state index in [1.54, 1.807) is 0 Å². The molecule has 1 N–H and O–H groups in total. The quantitative estimate of drug-likeness (QED) is 0.847. The second-order valence-corrected chi connectivity index (χ2v) is 5.44. The number of thioether (sulfide) groups is 1. The first-order valence-corrected chi connectivity index (χ1v) is 6.82. The highest BCUT2D eigenvalue weighted by Gasteiger charge is 2.18. The molecule has 0 aliphatic carbocycles. The van der Waals surface area contributed by atoms with E-state index >= 15 is 0 Å². The van der Waals surface area contributed by atoms with Crippen molar-refractivity contribution in [2.75, 3.05) is 11.5 Å². The van der Waals surface area contributed by atoms with Crippen LogP contribution in [0.25, 0.3) is 0 Å². The van der Waals surface area contributed by atoms with Crippen LogP contribution in [0, 0.1) is 5.92 Å². The standard InChI is InChI=1S/C13H18OS/c14-13(12-4-2-1-3-5-12)10-11-6-8-15-9-7-11/h1-5,11,13-14H,6-10H2. The zero-order chi connectivity index (χ0) is 10.5. The molecule has 0 aromatic heterocycles. The van der Waals surface area contributed by atoms with Crippen LogP contribution in [0.15, 0.2) is 30.3 Å². The first-order chi connectivity index (χ1) is 7.36. The summed E-state index contributed by atoms with van der Waals surface area (Å²) >= 11 is 2.04. The first-order valence-electron chi connectivity index (χ1n) is 5.67. The maximum absolute atomic E-state index is 10.1. The molecule has 2 rings (SSSR count). The Balaban J connectivity index is 1.88. The highest BCUT2D eigenvalue weighted by atomic mass is 32.2. The average Bonchev–Trinajstić information content (AvgIpc) is 2.31. The molecule has 0 saturated carbocycles. The van der Waals surface area contributed by atoms with E-state index in [9.17, 15) is 5.11 Å². The minimum atomic E-state index is -0.265. The van der Waals surface area contributed by atoms with Gasteiger partial charge in [0.1, 0.15) is 0 Å². The predicted molar refractivity (Wildman–Crippen MR) is 66.1 cm³/mol. The van der Waals surface area contributed by atoms with E-state index in [2.05, 4.69) is 0 Å². The molecule has 1 aromatic carbocycles. The van der Waals surface area contributed by atoms with Crippen LogP contribution in [0.3, 0.4) is 0 Å². The monoisotopic (exact) mass is 222 g/mol. The van der Waals surface area contributed by atoms with Crippen molar-refractivity contribution in [2.45, 2.75) is 25.4 Å². The molecule has 82 valence electrons. The number of benzene rings is 1. The number of aliphatic hydroxyl groups is 1. The van der Waals surface area contributed by atoms with Crippen LogP contribution in [0.1, 0.15) is 30.9 Å². The third-order valence-corrected chi connectivity index (χ3v) is 4.13. The van der Waals surface area contributed by atoms with Gasteiger partial charge < -0.3 is 5.11 Å². The Morgan fingerprint density at radius 2 is 1.87 bits per heavy atom. The molecule has 1 saturated heterocycles. The molecule has 0 spiro atoms. The highest BCUT2D eigenvalue weighted by Crippen LogP contribution is 2.30. The fourth-order valence-corrected chi connectivity index (χ4v) is 3.31. The lowest BCUT2D eigenvalue weighted by Crippen LogP contribution is -2.13. The Morgan fingerprint density at radius 3 is 2.53 bits per heavy atom. The molecular weight excluding hydrogens is 204 g/mol. The van der Waals surface area contributed by atoms with Gasteiger partial charge in [-0.3, -0.25) is 0 Å². The molecule has 1 aromatic rings. The topological polar surface area (TPSA) is 20.2 Å². The molecule has 0 radical (unpaired) electrons. The second-order valence-electron chi connectivity index (χ2n) is 4.22. The summed E-state index contributed by atoms with van der Waals surface area (Å²) in [4.78, 5) is 0.